The molecule has 0 atom stereocenters. The second-order valence-electron chi connectivity index (χ2n) is 6.53. The van der Waals surface area contributed by atoms with Crippen molar-refractivity contribution in [2.45, 2.75) is 40.2 Å². The van der Waals surface area contributed by atoms with Crippen LogP contribution in [0.25, 0.3) is 6.08 Å². The molecule has 0 radical (unpaired) electrons. The first kappa shape index (κ1) is 20.9. The van der Waals surface area contributed by atoms with Gasteiger partial charge in [0.15, 0.2) is 0 Å². The quantitative estimate of drug-likeness (QED) is 0.702. The van der Waals surface area contributed by atoms with Gasteiger partial charge in [0.25, 0.3) is 16.7 Å². The van der Waals surface area contributed by atoms with Crippen LogP contribution in [0.5, 0.6) is 5.75 Å². The largest absolute Gasteiger partial charge is 0.492 e. The molecule has 1 aliphatic heterocycles. The van der Waals surface area contributed by atoms with Crippen molar-refractivity contribution in [3.63, 3.8) is 0 Å². The third-order valence-electron chi connectivity index (χ3n) is 4.62. The van der Waals surface area contributed by atoms with Crippen molar-refractivity contribution in [2.24, 2.45) is 0 Å². The lowest BCUT2D eigenvalue weighted by atomic mass is 10.2. The third kappa shape index (κ3) is 4.76. The molecule has 2 heterocycles. The number of aromatic nitrogens is 2. The minimum absolute atomic E-state index is 0.00399. The van der Waals surface area contributed by atoms with Crippen molar-refractivity contribution in [3.8, 4) is 5.75 Å². The maximum Gasteiger partial charge on any atom is 0.290 e. The number of ether oxygens (including phenoxy) is 1. The summed E-state index contributed by atoms with van der Waals surface area (Å²) in [6.45, 7) is 6.58. The van der Waals surface area contributed by atoms with Crippen LogP contribution >= 0.6 is 11.8 Å². The summed E-state index contributed by atoms with van der Waals surface area (Å²) in [7, 11) is 0. The van der Waals surface area contributed by atoms with Crippen molar-refractivity contribution < 1.29 is 14.3 Å². The lowest BCUT2D eigenvalue weighted by Crippen LogP contribution is -2.31. The van der Waals surface area contributed by atoms with Gasteiger partial charge in [0, 0.05) is 17.7 Å². The Morgan fingerprint density at radius 3 is 2.45 bits per heavy atom. The number of aryl methyl sites for hydroxylation is 2. The van der Waals surface area contributed by atoms with Crippen LogP contribution in [-0.4, -0.2) is 27.3 Å². The van der Waals surface area contributed by atoms with E-state index in [-0.39, 0.29) is 16.7 Å². The molecule has 1 aromatic carbocycles. The van der Waals surface area contributed by atoms with Crippen LogP contribution in [0, 0.1) is 6.92 Å². The molecule has 0 unspecified atom stereocenters. The first-order valence-electron chi connectivity index (χ1n) is 9.49. The van der Waals surface area contributed by atoms with Crippen molar-refractivity contribution in [1.82, 2.24) is 14.9 Å². The SMILES string of the molecule is CCc1c(C)nc(CC)n(CCOc2ccc(/C=C3/SC(=O)NC3=O)cc2)c1=O. The number of benzene rings is 1. The molecule has 0 bridgehead atoms. The zero-order chi connectivity index (χ0) is 21.0. The number of hydrogen-bond donors (Lipinski definition) is 1. The minimum atomic E-state index is -0.379. The Balaban J connectivity index is 1.66. The zero-order valence-corrected chi connectivity index (χ0v) is 17.5. The van der Waals surface area contributed by atoms with E-state index < -0.39 is 0 Å². The fourth-order valence-electron chi connectivity index (χ4n) is 3.15. The maximum atomic E-state index is 12.7. The molecule has 2 amide bonds. The predicted octanol–water partition coefficient (Wildman–Crippen LogP) is 3.08. The molecule has 1 aromatic heterocycles. The number of rotatable bonds is 7. The van der Waals surface area contributed by atoms with Gasteiger partial charge in [-0.3, -0.25) is 24.3 Å². The highest BCUT2D eigenvalue weighted by Gasteiger charge is 2.24. The minimum Gasteiger partial charge on any atom is -0.492 e. The molecule has 8 heteroatoms. The maximum absolute atomic E-state index is 12.7. The van der Waals surface area contributed by atoms with E-state index in [1.807, 2.05) is 32.9 Å². The van der Waals surface area contributed by atoms with Crippen LogP contribution in [0.3, 0.4) is 0 Å². The van der Waals surface area contributed by atoms with Crippen molar-refractivity contribution in [1.29, 1.82) is 0 Å². The van der Waals surface area contributed by atoms with E-state index in [0.29, 0.717) is 36.6 Å². The molecule has 1 saturated heterocycles. The van der Waals surface area contributed by atoms with Gasteiger partial charge >= 0.3 is 0 Å². The Morgan fingerprint density at radius 2 is 1.86 bits per heavy atom. The fraction of sp³-hybridized carbons (Fsp3) is 0.333. The second-order valence-corrected chi connectivity index (χ2v) is 7.54. The van der Waals surface area contributed by atoms with E-state index in [1.54, 1.807) is 22.8 Å². The van der Waals surface area contributed by atoms with Gasteiger partial charge in [-0.1, -0.05) is 26.0 Å². The predicted molar refractivity (Wildman–Crippen MR) is 113 cm³/mol. The summed E-state index contributed by atoms with van der Waals surface area (Å²) >= 11 is 0.885. The number of carbonyl (C=O) groups excluding carboxylic acids is 2. The Labute approximate surface area is 173 Å². The van der Waals surface area contributed by atoms with Crippen LogP contribution in [0.15, 0.2) is 34.0 Å². The molecule has 1 N–H and O–H groups in total. The van der Waals surface area contributed by atoms with Gasteiger partial charge in [-0.05, 0) is 48.9 Å². The molecule has 152 valence electrons. The number of imide groups is 1. The molecule has 1 fully saturated rings. The number of thioether (sulfide) groups is 1. The normalized spacial score (nSPS) is 15.1. The molecule has 3 rings (SSSR count). The highest BCUT2D eigenvalue weighted by Crippen LogP contribution is 2.26. The van der Waals surface area contributed by atoms with Crippen LogP contribution in [-0.2, 0) is 24.2 Å². The Morgan fingerprint density at radius 1 is 1.14 bits per heavy atom. The van der Waals surface area contributed by atoms with Gasteiger partial charge in [0.2, 0.25) is 0 Å². The van der Waals surface area contributed by atoms with Crippen LogP contribution in [0.2, 0.25) is 0 Å². The number of hydrogen-bond acceptors (Lipinski definition) is 6. The second kappa shape index (κ2) is 9.09. The molecule has 7 nitrogen and oxygen atoms in total. The first-order valence-corrected chi connectivity index (χ1v) is 10.3. The van der Waals surface area contributed by atoms with Crippen molar-refractivity contribution >= 4 is 29.0 Å². The summed E-state index contributed by atoms with van der Waals surface area (Å²) in [5.74, 6) is 1.04. The molecule has 1 aliphatic rings. The van der Waals surface area contributed by atoms with Crippen LogP contribution in [0.1, 0.15) is 36.5 Å². The van der Waals surface area contributed by atoms with Crippen LogP contribution < -0.4 is 15.6 Å². The topological polar surface area (TPSA) is 90.3 Å². The highest BCUT2D eigenvalue weighted by atomic mass is 32.2. The van der Waals surface area contributed by atoms with Gasteiger partial charge < -0.3 is 4.74 Å². The average molecular weight is 413 g/mol. The molecule has 2 aromatic rings. The molecule has 0 aliphatic carbocycles. The van der Waals surface area contributed by atoms with Crippen molar-refractivity contribution in [2.75, 3.05) is 6.61 Å². The summed E-state index contributed by atoms with van der Waals surface area (Å²) in [5.41, 5.74) is 2.34. The van der Waals surface area contributed by atoms with Crippen LogP contribution in [0.4, 0.5) is 4.79 Å². The van der Waals surface area contributed by atoms with E-state index >= 15 is 0 Å². The van der Waals surface area contributed by atoms with Crippen molar-refractivity contribution in [3.05, 3.63) is 62.2 Å². The monoisotopic (exact) mass is 413 g/mol. The molecular weight excluding hydrogens is 390 g/mol. The lowest BCUT2D eigenvalue weighted by Gasteiger charge is -2.15. The van der Waals surface area contributed by atoms with E-state index in [9.17, 15) is 14.4 Å². The van der Waals surface area contributed by atoms with E-state index in [1.165, 1.54) is 0 Å². The van der Waals surface area contributed by atoms with Gasteiger partial charge in [0.05, 0.1) is 11.4 Å². The van der Waals surface area contributed by atoms with Gasteiger partial charge in [0.1, 0.15) is 18.2 Å². The number of nitrogens with one attached hydrogen (secondary N) is 1. The molecule has 0 saturated carbocycles. The first-order chi connectivity index (χ1) is 13.9. The molecule has 29 heavy (non-hydrogen) atoms. The summed E-state index contributed by atoms with van der Waals surface area (Å²) < 4.78 is 7.48. The Bertz CT molecular complexity index is 1030. The number of carbonyl (C=O) groups is 2. The Kier molecular flexibility index (Phi) is 6.53. The summed E-state index contributed by atoms with van der Waals surface area (Å²) in [4.78, 5) is 40.4. The standard InChI is InChI=1S/C21H23N3O4S/c1-4-16-13(3)22-18(5-2)24(20(16)26)10-11-28-15-8-6-14(7-9-15)12-17-19(25)23-21(27)29-17/h6-9,12H,4-5,10-11H2,1-3H3,(H,23,25,27)/b17-12+. The van der Waals surface area contributed by atoms with Gasteiger partial charge in [-0.2, -0.15) is 0 Å². The summed E-state index contributed by atoms with van der Waals surface area (Å²) in [6.07, 6.45) is 2.99. The average Bonchev–Trinajstić information content (AvgIpc) is 3.01. The summed E-state index contributed by atoms with van der Waals surface area (Å²) in [6, 6.07) is 7.21. The zero-order valence-electron chi connectivity index (χ0n) is 16.7. The van der Waals surface area contributed by atoms with E-state index in [0.717, 1.165) is 34.4 Å². The van der Waals surface area contributed by atoms with E-state index in [4.69, 9.17) is 4.74 Å². The Hall–Kier alpha value is -2.87. The smallest absolute Gasteiger partial charge is 0.290 e. The fourth-order valence-corrected chi connectivity index (χ4v) is 3.83. The van der Waals surface area contributed by atoms with Gasteiger partial charge in [-0.25, -0.2) is 4.98 Å². The summed E-state index contributed by atoms with van der Waals surface area (Å²) in [5, 5.41) is 1.87. The number of nitrogens with zero attached hydrogens (tertiary/aromatic N) is 2. The van der Waals surface area contributed by atoms with E-state index in [2.05, 4.69) is 10.3 Å². The number of amides is 2. The highest BCUT2D eigenvalue weighted by molar-refractivity contribution is 8.18. The molecular formula is C21H23N3O4S. The third-order valence-corrected chi connectivity index (χ3v) is 5.43. The van der Waals surface area contributed by atoms with Gasteiger partial charge in [-0.15, -0.1) is 0 Å². The molecule has 0 spiro atoms. The lowest BCUT2D eigenvalue weighted by molar-refractivity contribution is -0.115.